The zero-order chi connectivity index (χ0) is 11.9. The molecule has 92 valence electrons. The Hall–Kier alpha value is -0.380. The van der Waals surface area contributed by atoms with Crippen LogP contribution in [0.1, 0.15) is 39.5 Å². The van der Waals surface area contributed by atoms with E-state index in [1.165, 1.54) is 25.7 Å². The molecule has 1 heterocycles. The van der Waals surface area contributed by atoms with Gasteiger partial charge in [-0.3, -0.25) is 0 Å². The molecule has 1 saturated heterocycles. The van der Waals surface area contributed by atoms with E-state index >= 15 is 0 Å². The van der Waals surface area contributed by atoms with Crippen molar-refractivity contribution in [3.8, 4) is 0 Å². The molecule has 0 aromatic rings. The second-order valence-corrected chi connectivity index (χ2v) is 5.68. The summed E-state index contributed by atoms with van der Waals surface area (Å²) < 4.78 is 5.47. The van der Waals surface area contributed by atoms with E-state index in [2.05, 4.69) is 6.58 Å². The number of hydrogen-bond donors (Lipinski definition) is 2. The van der Waals surface area contributed by atoms with Gasteiger partial charge in [0.2, 0.25) is 0 Å². The Bertz CT molecular complexity index is 273. The van der Waals surface area contributed by atoms with Crippen LogP contribution >= 0.6 is 0 Å². The standard InChI is InChI=1S/C13H22O3/c1-8(9-6-4-5-7-9)10-11(16-10)12(14)13(2,3)15/h9-12,14-15H,1,4-7H2,2-3H3/t10-,11-,12+/m0/s1. The van der Waals surface area contributed by atoms with Gasteiger partial charge in [-0.25, -0.2) is 0 Å². The van der Waals surface area contributed by atoms with Crippen LogP contribution < -0.4 is 0 Å². The van der Waals surface area contributed by atoms with Gasteiger partial charge in [0, 0.05) is 0 Å². The van der Waals surface area contributed by atoms with E-state index in [0.717, 1.165) is 5.57 Å². The van der Waals surface area contributed by atoms with Gasteiger partial charge in [-0.2, -0.15) is 0 Å². The summed E-state index contributed by atoms with van der Waals surface area (Å²) in [5.74, 6) is 0.559. The quantitative estimate of drug-likeness (QED) is 0.566. The summed E-state index contributed by atoms with van der Waals surface area (Å²) in [5.41, 5.74) is 0.0147. The molecule has 2 fully saturated rings. The molecule has 1 aliphatic carbocycles. The summed E-state index contributed by atoms with van der Waals surface area (Å²) >= 11 is 0. The Balaban J connectivity index is 1.88. The predicted octanol–water partition coefficient (Wildman–Crippen LogP) is 1.63. The maximum atomic E-state index is 9.87. The van der Waals surface area contributed by atoms with Crippen molar-refractivity contribution in [3.63, 3.8) is 0 Å². The Labute approximate surface area is 97.1 Å². The molecule has 0 aromatic heterocycles. The Morgan fingerprint density at radius 2 is 1.94 bits per heavy atom. The largest absolute Gasteiger partial charge is 0.388 e. The molecule has 16 heavy (non-hydrogen) atoms. The zero-order valence-electron chi connectivity index (χ0n) is 10.1. The third-order valence-corrected chi connectivity index (χ3v) is 3.81. The van der Waals surface area contributed by atoms with Gasteiger partial charge < -0.3 is 14.9 Å². The maximum Gasteiger partial charge on any atom is 0.117 e. The summed E-state index contributed by atoms with van der Waals surface area (Å²) in [6, 6.07) is 0. The number of epoxide rings is 1. The van der Waals surface area contributed by atoms with Gasteiger partial charge in [-0.15, -0.1) is 0 Å². The van der Waals surface area contributed by atoms with Crippen LogP contribution in [0.2, 0.25) is 0 Å². The van der Waals surface area contributed by atoms with Crippen LogP contribution in [0.5, 0.6) is 0 Å². The summed E-state index contributed by atoms with van der Waals surface area (Å²) in [7, 11) is 0. The van der Waals surface area contributed by atoms with E-state index in [1.54, 1.807) is 13.8 Å². The first-order valence-electron chi connectivity index (χ1n) is 6.16. The second-order valence-electron chi connectivity index (χ2n) is 5.68. The highest BCUT2D eigenvalue weighted by atomic mass is 16.6. The topological polar surface area (TPSA) is 53.0 Å². The first kappa shape index (κ1) is 12.1. The highest BCUT2D eigenvalue weighted by molar-refractivity contribution is 5.19. The summed E-state index contributed by atoms with van der Waals surface area (Å²) in [4.78, 5) is 0. The van der Waals surface area contributed by atoms with Crippen molar-refractivity contribution in [2.75, 3.05) is 0 Å². The first-order valence-corrected chi connectivity index (χ1v) is 6.16. The van der Waals surface area contributed by atoms with E-state index in [0.29, 0.717) is 5.92 Å². The number of ether oxygens (including phenoxy) is 1. The molecule has 0 radical (unpaired) electrons. The van der Waals surface area contributed by atoms with E-state index in [-0.39, 0.29) is 12.2 Å². The molecule has 3 atom stereocenters. The van der Waals surface area contributed by atoms with Crippen LogP contribution in [0.4, 0.5) is 0 Å². The van der Waals surface area contributed by atoms with Crippen LogP contribution in [0.15, 0.2) is 12.2 Å². The van der Waals surface area contributed by atoms with E-state index < -0.39 is 11.7 Å². The summed E-state index contributed by atoms with van der Waals surface area (Å²) in [5, 5.41) is 19.6. The van der Waals surface area contributed by atoms with E-state index in [4.69, 9.17) is 4.74 Å². The lowest BCUT2D eigenvalue weighted by molar-refractivity contribution is -0.0594. The number of rotatable bonds is 4. The fraction of sp³-hybridized carbons (Fsp3) is 0.846. The van der Waals surface area contributed by atoms with E-state index in [1.807, 2.05) is 0 Å². The molecule has 2 N–H and O–H groups in total. The summed E-state index contributed by atoms with van der Waals surface area (Å²) in [6.07, 6.45) is 3.83. The Kier molecular flexibility index (Phi) is 3.12. The Morgan fingerprint density at radius 3 is 2.44 bits per heavy atom. The van der Waals surface area contributed by atoms with Gasteiger partial charge in [0.1, 0.15) is 18.3 Å². The monoisotopic (exact) mass is 226 g/mol. The van der Waals surface area contributed by atoms with Crippen LogP contribution in [-0.4, -0.2) is 34.1 Å². The molecule has 0 bridgehead atoms. The normalized spacial score (nSPS) is 32.8. The molecule has 0 aromatic carbocycles. The molecule has 0 spiro atoms. The minimum Gasteiger partial charge on any atom is -0.388 e. The predicted molar refractivity (Wildman–Crippen MR) is 62.1 cm³/mol. The van der Waals surface area contributed by atoms with Crippen molar-refractivity contribution in [3.05, 3.63) is 12.2 Å². The van der Waals surface area contributed by atoms with Gasteiger partial charge in [0.05, 0.1) is 5.60 Å². The molecule has 1 saturated carbocycles. The molecule has 1 aliphatic heterocycles. The number of aliphatic hydroxyl groups is 2. The highest BCUT2D eigenvalue weighted by Crippen LogP contribution is 2.42. The molecule has 0 amide bonds. The van der Waals surface area contributed by atoms with Crippen LogP contribution in [0.3, 0.4) is 0 Å². The van der Waals surface area contributed by atoms with Crippen molar-refractivity contribution in [1.29, 1.82) is 0 Å². The van der Waals surface area contributed by atoms with Gasteiger partial charge in [-0.05, 0) is 38.2 Å². The minimum absolute atomic E-state index is 0.0375. The minimum atomic E-state index is -1.10. The van der Waals surface area contributed by atoms with Crippen molar-refractivity contribution < 1.29 is 14.9 Å². The fourth-order valence-electron chi connectivity index (χ4n) is 2.59. The lowest BCUT2D eigenvalue weighted by Gasteiger charge is -2.23. The van der Waals surface area contributed by atoms with Crippen molar-refractivity contribution >= 4 is 0 Å². The van der Waals surface area contributed by atoms with Gasteiger partial charge in [0.25, 0.3) is 0 Å². The lowest BCUT2D eigenvalue weighted by atomic mass is 9.90. The zero-order valence-corrected chi connectivity index (χ0v) is 10.1. The highest BCUT2D eigenvalue weighted by Gasteiger charge is 2.51. The third-order valence-electron chi connectivity index (χ3n) is 3.81. The smallest absolute Gasteiger partial charge is 0.117 e. The van der Waals surface area contributed by atoms with Crippen molar-refractivity contribution in [1.82, 2.24) is 0 Å². The van der Waals surface area contributed by atoms with Gasteiger partial charge in [-0.1, -0.05) is 19.4 Å². The van der Waals surface area contributed by atoms with Crippen LogP contribution in [0.25, 0.3) is 0 Å². The molecule has 2 aliphatic rings. The van der Waals surface area contributed by atoms with E-state index in [9.17, 15) is 10.2 Å². The maximum absolute atomic E-state index is 9.87. The number of aliphatic hydroxyl groups excluding tert-OH is 1. The second kappa shape index (κ2) is 4.13. The third kappa shape index (κ3) is 2.31. The molecular formula is C13H22O3. The van der Waals surface area contributed by atoms with Crippen molar-refractivity contribution in [2.45, 2.75) is 63.4 Å². The molecule has 3 nitrogen and oxygen atoms in total. The molecule has 2 rings (SSSR count). The van der Waals surface area contributed by atoms with Gasteiger partial charge >= 0.3 is 0 Å². The average Bonchev–Trinajstić information content (AvgIpc) is 2.79. The van der Waals surface area contributed by atoms with Crippen molar-refractivity contribution in [2.24, 2.45) is 5.92 Å². The lowest BCUT2D eigenvalue weighted by Crippen LogP contribution is -2.40. The number of hydrogen-bond acceptors (Lipinski definition) is 3. The van der Waals surface area contributed by atoms with Crippen LogP contribution in [-0.2, 0) is 4.74 Å². The molecule has 0 unspecified atom stereocenters. The Morgan fingerprint density at radius 1 is 1.38 bits per heavy atom. The summed E-state index contributed by atoms with van der Waals surface area (Å²) in [6.45, 7) is 7.31. The SMILES string of the molecule is C=C(C1CCCC1)[C@@H]1O[C@@H]1[C@@H](O)C(C)(C)O. The van der Waals surface area contributed by atoms with Crippen LogP contribution in [0, 0.1) is 5.92 Å². The fourth-order valence-corrected chi connectivity index (χ4v) is 2.59. The first-order chi connectivity index (χ1) is 7.41. The average molecular weight is 226 g/mol. The molecular weight excluding hydrogens is 204 g/mol. The molecule has 3 heteroatoms. The van der Waals surface area contributed by atoms with Gasteiger partial charge in [0.15, 0.2) is 0 Å².